The van der Waals surface area contributed by atoms with Crippen LogP contribution in [-0.4, -0.2) is 40.7 Å². The monoisotopic (exact) mass is 1950 g/mol. The zero-order valence-corrected chi connectivity index (χ0v) is 80.2. The Kier molecular flexibility index (Phi) is 31.2. The fraction of sp³-hybridized carbons (Fsp3) is 0.101. The van der Waals surface area contributed by atoms with E-state index in [1.807, 2.05) is 253 Å². The van der Waals surface area contributed by atoms with E-state index in [1.54, 1.807) is 42.7 Å². The molecule has 0 radical (unpaired) electrons. The van der Waals surface area contributed by atoms with Crippen LogP contribution in [0.2, 0.25) is 35.3 Å². The fourth-order valence-corrected chi connectivity index (χ4v) is 18.3. The van der Waals surface area contributed by atoms with Crippen molar-refractivity contribution in [2.75, 3.05) is 5.73 Å². The van der Waals surface area contributed by atoms with Crippen molar-refractivity contribution in [1.29, 1.82) is 0 Å². The Morgan fingerprint density at radius 2 is 0.698 bits per heavy atom. The summed E-state index contributed by atoms with van der Waals surface area (Å²) in [6.45, 7) is 20.7. The number of hydrogen-bond donors (Lipinski definition) is 3. The number of aryl methyl sites for hydroxylation is 10. The Bertz CT molecular complexity index is 7380. The van der Waals surface area contributed by atoms with Crippen molar-refractivity contribution in [3.8, 4) is 102 Å². The predicted molar refractivity (Wildman–Crippen MR) is 549 cm³/mol. The predicted octanol–water partition coefficient (Wildman–Crippen LogP) is 30.7. The first-order chi connectivity index (χ1) is 62.0. The largest absolute Gasteiger partial charge is 0.384 e. The van der Waals surface area contributed by atoms with Gasteiger partial charge in [-0.15, -0.1) is 6.42 Å². The zero-order valence-electron chi connectivity index (χ0n) is 71.8. The first-order valence-corrected chi connectivity index (χ1v) is 45.0. The van der Waals surface area contributed by atoms with Crippen LogP contribution in [0.15, 0.2) is 298 Å². The van der Waals surface area contributed by atoms with Crippen molar-refractivity contribution in [2.24, 2.45) is 0 Å². The van der Waals surface area contributed by atoms with Crippen molar-refractivity contribution in [3.63, 3.8) is 0 Å². The zero-order chi connectivity index (χ0) is 92.0. The number of fused-ring (bicyclic) bond motifs is 4. The van der Waals surface area contributed by atoms with Gasteiger partial charge in [0, 0.05) is 151 Å². The van der Waals surface area contributed by atoms with E-state index in [4.69, 9.17) is 93.4 Å². The summed E-state index contributed by atoms with van der Waals surface area (Å²) in [6.07, 6.45) is 16.3. The number of pyridine rings is 7. The third kappa shape index (κ3) is 22.0. The van der Waals surface area contributed by atoms with Gasteiger partial charge in [-0.05, 0) is 313 Å². The molecule has 7 aromatic heterocycles. The number of aromatic nitrogens is 7. The number of halogens is 9. The van der Waals surface area contributed by atoms with Gasteiger partial charge in [-0.25, -0.2) is 9.97 Å². The summed E-state index contributed by atoms with van der Waals surface area (Å²) in [5.41, 5.74) is 37.2. The van der Waals surface area contributed by atoms with Gasteiger partial charge in [0.2, 0.25) is 16.9 Å². The average molecular weight is 1960 g/mol. The van der Waals surface area contributed by atoms with Gasteiger partial charge in [0.25, 0.3) is 0 Å². The van der Waals surface area contributed by atoms with Gasteiger partial charge in [0.05, 0.1) is 21.1 Å². The molecule has 0 aliphatic heterocycles. The number of ketones is 1. The molecule has 7 heterocycles. The third-order valence-electron chi connectivity index (χ3n) is 21.8. The number of H-pyrrole nitrogens is 2. The molecule has 20 heteroatoms. The summed E-state index contributed by atoms with van der Waals surface area (Å²) < 4.78 is 2.14. The standard InChI is InChI=1S/C22H16Cl2N2.C22H18ClN3.C22H17ClN2O.C18H14BrClO.C17H13BrClNO.C8H5Cl/c2*1-13-11-19-22(14(2)21(13)15-7-9-25-10-8-15)17(12-20(24)26-19)16-5-3-4-6-18(16)23;1-13-11-19-22(14(2)21(13)15-7-9-24-10-8-15)17(12-20(26)25-19)16-5-3-4-6-18(16)23;1-12-9-14(10-13(2)18(12)19)11-16(21)8-7-15-5-3-4-6-17(15)20;1-9-7-14-16(10(2)17(9)18)12(8-15(21)20-14)11-5-3-4-6-13(11)19;1-2-7-5-3-4-6-8(7)9/h3-12H,1-2H3;3-12H,1-2H3,(H2,24,26);3-12H,1-2H3,(H,25,26);3-6,9-10H,11H2,1-2H3;3-8H,1-2H3,(H,20,21);1,3-6H. The van der Waals surface area contributed by atoms with Crippen molar-refractivity contribution < 1.29 is 4.79 Å². The van der Waals surface area contributed by atoms with Gasteiger partial charge < -0.3 is 15.7 Å². The van der Waals surface area contributed by atoms with Gasteiger partial charge in [-0.2, -0.15) is 0 Å². The van der Waals surface area contributed by atoms with E-state index in [9.17, 15) is 14.4 Å². The van der Waals surface area contributed by atoms with E-state index >= 15 is 0 Å². The third-order valence-corrected chi connectivity index (χ3v) is 26.4. The van der Waals surface area contributed by atoms with E-state index in [-0.39, 0.29) is 16.9 Å². The molecule has 4 N–H and O–H groups in total. The van der Waals surface area contributed by atoms with Crippen LogP contribution in [0.5, 0.6) is 0 Å². The van der Waals surface area contributed by atoms with Crippen LogP contribution < -0.4 is 16.9 Å². The van der Waals surface area contributed by atoms with Crippen molar-refractivity contribution >= 4 is 168 Å². The number of benzene rings is 11. The number of carbonyl (C=O) groups excluding carboxylic acids is 1. The first kappa shape index (κ1) is 94.3. The fourth-order valence-electron chi connectivity index (χ4n) is 16.2. The Labute approximate surface area is 801 Å². The maximum Gasteiger partial charge on any atom is 0.249 e. The van der Waals surface area contributed by atoms with Crippen LogP contribution in [-0.2, 0) is 11.2 Å². The van der Waals surface area contributed by atoms with E-state index in [1.165, 1.54) is 11.1 Å². The number of Topliss-reactive ketones (excluding diaryl/α,β-unsaturated/α-hetero) is 1. The average Bonchev–Trinajstić information content (AvgIpc) is 0.766. The first-order valence-electron chi connectivity index (χ1n) is 40.8. The summed E-state index contributed by atoms with van der Waals surface area (Å²) in [7, 11) is 0. The number of anilines is 1. The smallest absolute Gasteiger partial charge is 0.249 e. The highest BCUT2D eigenvalue weighted by atomic mass is 79.9. The molecule has 0 amide bonds. The number of nitrogens with two attached hydrogens (primary N) is 1. The maximum absolute atomic E-state index is 12.3. The molecule has 0 aliphatic rings. The number of rotatable bonds is 9. The van der Waals surface area contributed by atoms with Crippen molar-refractivity contribution in [2.45, 2.75) is 75.7 Å². The lowest BCUT2D eigenvalue weighted by Gasteiger charge is -2.17. The molecule has 18 aromatic rings. The highest BCUT2D eigenvalue weighted by Gasteiger charge is 2.23. The van der Waals surface area contributed by atoms with E-state index in [0.29, 0.717) is 53.1 Å². The van der Waals surface area contributed by atoms with Gasteiger partial charge in [-0.1, -0.05) is 234 Å². The number of aromatic amines is 2. The van der Waals surface area contributed by atoms with E-state index in [0.717, 1.165) is 186 Å². The Morgan fingerprint density at radius 1 is 0.364 bits per heavy atom. The molecule has 0 atom stereocenters. The molecule has 11 aromatic carbocycles. The molecule has 0 fully saturated rings. The molecular weight excluding hydrogens is 1880 g/mol. The summed E-state index contributed by atoms with van der Waals surface area (Å²) >= 11 is 50.9. The maximum atomic E-state index is 12.3. The minimum absolute atomic E-state index is 0.115. The van der Waals surface area contributed by atoms with Gasteiger partial charge in [0.1, 0.15) is 11.0 Å². The van der Waals surface area contributed by atoms with Crippen molar-refractivity contribution in [1.82, 2.24) is 34.9 Å². The lowest BCUT2D eigenvalue weighted by atomic mass is 9.89. The topological polar surface area (TPSA) is 173 Å². The molecule has 640 valence electrons. The lowest BCUT2D eigenvalue weighted by molar-refractivity contribution is -0.113. The second-order valence-corrected chi connectivity index (χ2v) is 35.1. The minimum atomic E-state index is -0.136. The summed E-state index contributed by atoms with van der Waals surface area (Å²) in [6, 6.07) is 76.7. The summed E-state index contributed by atoms with van der Waals surface area (Å²) in [4.78, 5) is 63.6. The molecule has 0 saturated heterocycles. The van der Waals surface area contributed by atoms with Crippen LogP contribution in [0.3, 0.4) is 0 Å². The summed E-state index contributed by atoms with van der Waals surface area (Å²) in [5.74, 6) is 8.33. The van der Waals surface area contributed by atoms with Crippen LogP contribution in [0, 0.1) is 93.4 Å². The Morgan fingerprint density at radius 3 is 1.09 bits per heavy atom. The number of carbonyl (C=O) groups is 1. The van der Waals surface area contributed by atoms with Gasteiger partial charge in [0.15, 0.2) is 0 Å². The summed E-state index contributed by atoms with van der Waals surface area (Å²) in [5, 5.41) is 8.49. The molecular formula is C109H83Br2Cl7N8O3. The second-order valence-electron chi connectivity index (χ2n) is 30.7. The molecule has 0 unspecified atom stereocenters. The number of nitrogens with one attached hydrogen (secondary N) is 2. The van der Waals surface area contributed by atoms with Crippen LogP contribution in [0.25, 0.3) is 122 Å². The Hall–Kier alpha value is -12.3. The van der Waals surface area contributed by atoms with E-state index in [2.05, 4.69) is 138 Å². The van der Waals surface area contributed by atoms with Gasteiger partial charge >= 0.3 is 0 Å². The highest BCUT2D eigenvalue weighted by Crippen LogP contribution is 2.45. The van der Waals surface area contributed by atoms with Crippen LogP contribution in [0.1, 0.15) is 72.3 Å². The quantitative estimate of drug-likeness (QED) is 0.0939. The minimum Gasteiger partial charge on any atom is -0.384 e. The Balaban J connectivity index is 0.000000135. The van der Waals surface area contributed by atoms with Crippen LogP contribution >= 0.6 is 113 Å². The highest BCUT2D eigenvalue weighted by molar-refractivity contribution is 9.11. The van der Waals surface area contributed by atoms with E-state index < -0.39 is 0 Å². The SMILES string of the molecule is C#Cc1ccccc1Cl.Cc1cc(CC(=O)C#Cc2ccccc2Cl)cc(C)c1Br.Cc1cc2[nH]c(=O)cc(-c3ccccc3Cl)c2c(C)c1-c1ccncc1.Cc1cc2[nH]c(=O)cc(-c3ccccc3Cl)c2c(C)c1Br.Cc1cc2nc(Cl)cc(-c3ccccc3Cl)c2c(C)c1-c1ccncc1.Cc1cc2nc(N)cc(-c3ccccc3Cl)c2c(C)c1-c1ccncc1. The van der Waals surface area contributed by atoms with Gasteiger partial charge in [-0.3, -0.25) is 29.3 Å². The molecule has 0 saturated carbocycles. The molecule has 11 nitrogen and oxygen atoms in total. The van der Waals surface area contributed by atoms with Crippen molar-refractivity contribution in [3.05, 3.63) is 417 Å². The second kappa shape index (κ2) is 42.7. The lowest BCUT2D eigenvalue weighted by Crippen LogP contribution is -2.07. The molecule has 0 spiro atoms. The number of nitrogens with zero attached hydrogens (tertiary/aromatic N) is 5. The normalized spacial score (nSPS) is 10.7. The molecule has 0 bridgehead atoms. The molecule has 18 rings (SSSR count). The van der Waals surface area contributed by atoms with Crippen LogP contribution in [0.4, 0.5) is 5.82 Å². The molecule has 129 heavy (non-hydrogen) atoms. The molecule has 0 aliphatic carbocycles. The number of nitrogen functional groups attached to an aromatic ring is 1. The number of hydrogen-bond acceptors (Lipinski definition) is 9. The number of terminal acetylenes is 1.